The molecule has 1 N–H and O–H groups in total. The summed E-state index contributed by atoms with van der Waals surface area (Å²) in [4.78, 5) is 22.8. The summed E-state index contributed by atoms with van der Waals surface area (Å²) in [5.41, 5.74) is 0. The molecule has 4 rings (SSSR count). The first-order chi connectivity index (χ1) is 14.2. The minimum Gasteiger partial charge on any atom is -0.450 e. The van der Waals surface area contributed by atoms with Crippen LogP contribution in [0.1, 0.15) is 29.7 Å². The number of rotatable bonds is 8. The molecule has 0 aliphatic heterocycles. The van der Waals surface area contributed by atoms with Crippen LogP contribution in [-0.2, 0) is 20.0 Å². The molecule has 4 aromatic heterocycles. The summed E-state index contributed by atoms with van der Waals surface area (Å²) in [6.07, 6.45) is 6.99. The molecule has 0 bridgehead atoms. The van der Waals surface area contributed by atoms with E-state index in [1.165, 1.54) is 0 Å². The van der Waals surface area contributed by atoms with Crippen molar-refractivity contribution in [3.05, 3.63) is 54.6 Å². The van der Waals surface area contributed by atoms with Gasteiger partial charge in [-0.05, 0) is 30.7 Å². The van der Waals surface area contributed by atoms with Crippen molar-refractivity contribution < 1.29 is 9.21 Å². The first kappa shape index (κ1) is 19.1. The van der Waals surface area contributed by atoms with E-state index in [4.69, 9.17) is 4.42 Å². The van der Waals surface area contributed by atoms with Crippen molar-refractivity contribution in [3.63, 3.8) is 0 Å². The van der Waals surface area contributed by atoms with Gasteiger partial charge in [-0.2, -0.15) is 5.10 Å². The van der Waals surface area contributed by atoms with Gasteiger partial charge in [-0.3, -0.25) is 9.48 Å². The van der Waals surface area contributed by atoms with Gasteiger partial charge in [0.05, 0.1) is 9.75 Å². The molecule has 0 aromatic carbocycles. The topological polar surface area (TPSA) is 90.8 Å². The fraction of sp³-hybridized carbons (Fsp3) is 0.300. The van der Waals surface area contributed by atoms with Crippen molar-refractivity contribution in [1.29, 1.82) is 0 Å². The first-order valence-corrected chi connectivity index (χ1v) is 10.3. The summed E-state index contributed by atoms with van der Waals surface area (Å²) in [7, 11) is 1.89. The van der Waals surface area contributed by atoms with E-state index in [1.807, 2.05) is 38.4 Å². The molecule has 9 heteroatoms. The number of amides is 1. The van der Waals surface area contributed by atoms with Crippen molar-refractivity contribution in [3.8, 4) is 21.3 Å². The molecule has 0 fully saturated rings. The van der Waals surface area contributed by atoms with Gasteiger partial charge in [0.2, 0.25) is 0 Å². The molecule has 4 heterocycles. The van der Waals surface area contributed by atoms with Gasteiger partial charge in [0.1, 0.15) is 23.7 Å². The van der Waals surface area contributed by atoms with E-state index in [0.717, 1.165) is 40.8 Å². The number of nitrogens with one attached hydrogen (secondary N) is 1. The highest BCUT2D eigenvalue weighted by Gasteiger charge is 2.15. The van der Waals surface area contributed by atoms with Crippen LogP contribution in [-0.4, -0.2) is 36.8 Å². The number of nitrogens with zero attached hydrogens (tertiary/aromatic N) is 5. The summed E-state index contributed by atoms with van der Waals surface area (Å²) in [5, 5.41) is 6.93. The first-order valence-electron chi connectivity index (χ1n) is 9.48. The Kier molecular flexibility index (Phi) is 5.57. The minimum atomic E-state index is -0.186. The SMILES string of the molecule is CCCNC(=O)c1ccc(-c2ccc(-c3nccn3CCc3ncnn3C)s2)o1. The van der Waals surface area contributed by atoms with Crippen LogP contribution >= 0.6 is 11.3 Å². The van der Waals surface area contributed by atoms with Gasteiger partial charge in [0.25, 0.3) is 5.91 Å². The largest absolute Gasteiger partial charge is 0.450 e. The summed E-state index contributed by atoms with van der Waals surface area (Å²) in [6.45, 7) is 3.41. The zero-order valence-corrected chi connectivity index (χ0v) is 17.1. The number of hydrogen-bond acceptors (Lipinski definition) is 6. The Morgan fingerprint density at radius 3 is 2.86 bits per heavy atom. The molecular formula is C20H22N6O2S. The highest BCUT2D eigenvalue weighted by molar-refractivity contribution is 7.18. The van der Waals surface area contributed by atoms with Crippen LogP contribution in [0.15, 0.2) is 47.4 Å². The normalized spacial score (nSPS) is 11.1. The van der Waals surface area contributed by atoms with Gasteiger partial charge in [-0.25, -0.2) is 9.97 Å². The summed E-state index contributed by atoms with van der Waals surface area (Å²) in [5.74, 6) is 2.65. The molecule has 4 aromatic rings. The number of imidazole rings is 1. The molecule has 0 saturated heterocycles. The van der Waals surface area contributed by atoms with Crippen LogP contribution in [0.25, 0.3) is 21.3 Å². The quantitative estimate of drug-likeness (QED) is 0.481. The Labute approximate surface area is 172 Å². The summed E-state index contributed by atoms with van der Waals surface area (Å²) < 4.78 is 9.64. The van der Waals surface area contributed by atoms with Crippen molar-refractivity contribution >= 4 is 17.2 Å². The second-order valence-electron chi connectivity index (χ2n) is 6.58. The maximum atomic E-state index is 12.1. The summed E-state index contributed by atoms with van der Waals surface area (Å²) >= 11 is 1.59. The Morgan fingerprint density at radius 1 is 1.21 bits per heavy atom. The molecule has 0 aliphatic carbocycles. The fourth-order valence-electron chi connectivity index (χ4n) is 2.99. The maximum Gasteiger partial charge on any atom is 0.287 e. The van der Waals surface area contributed by atoms with Gasteiger partial charge in [0, 0.05) is 39.0 Å². The lowest BCUT2D eigenvalue weighted by Gasteiger charge is -2.06. The van der Waals surface area contributed by atoms with E-state index in [2.05, 4.69) is 25.0 Å². The van der Waals surface area contributed by atoms with E-state index in [-0.39, 0.29) is 5.91 Å². The van der Waals surface area contributed by atoms with Crippen molar-refractivity contribution in [2.75, 3.05) is 6.54 Å². The smallest absolute Gasteiger partial charge is 0.287 e. The zero-order chi connectivity index (χ0) is 20.2. The number of furan rings is 1. The van der Waals surface area contributed by atoms with E-state index >= 15 is 0 Å². The second kappa shape index (κ2) is 8.44. The van der Waals surface area contributed by atoms with E-state index in [1.54, 1.807) is 34.6 Å². The third kappa shape index (κ3) is 4.14. The molecular weight excluding hydrogens is 388 g/mol. The Morgan fingerprint density at radius 2 is 2.07 bits per heavy atom. The van der Waals surface area contributed by atoms with Gasteiger partial charge >= 0.3 is 0 Å². The lowest BCUT2D eigenvalue weighted by molar-refractivity contribution is 0.0927. The number of carbonyl (C=O) groups excluding carboxylic acids is 1. The molecule has 150 valence electrons. The molecule has 29 heavy (non-hydrogen) atoms. The standard InChI is InChI=1S/C20H22N6O2S/c1-3-9-22-20(27)15-5-4-14(28-15)16-6-7-17(29-16)19-21-10-12-26(19)11-8-18-23-13-24-25(18)2/h4-7,10,12-13H,3,8-9,11H2,1-2H3,(H,22,27). The number of thiophene rings is 1. The van der Waals surface area contributed by atoms with Crippen LogP contribution in [0.2, 0.25) is 0 Å². The fourth-order valence-corrected chi connectivity index (χ4v) is 3.97. The van der Waals surface area contributed by atoms with Crippen LogP contribution in [0.4, 0.5) is 0 Å². The maximum absolute atomic E-state index is 12.1. The molecule has 0 radical (unpaired) electrons. The molecule has 0 aliphatic rings. The van der Waals surface area contributed by atoms with Crippen LogP contribution in [0.3, 0.4) is 0 Å². The lowest BCUT2D eigenvalue weighted by atomic mass is 10.3. The Bertz CT molecular complexity index is 1110. The summed E-state index contributed by atoms with van der Waals surface area (Å²) in [6, 6.07) is 7.56. The Balaban J connectivity index is 1.49. The van der Waals surface area contributed by atoms with Crippen LogP contribution in [0.5, 0.6) is 0 Å². The monoisotopic (exact) mass is 410 g/mol. The van der Waals surface area contributed by atoms with Crippen molar-refractivity contribution in [2.45, 2.75) is 26.3 Å². The van der Waals surface area contributed by atoms with Crippen LogP contribution in [0, 0.1) is 0 Å². The van der Waals surface area contributed by atoms with E-state index in [9.17, 15) is 4.79 Å². The number of aryl methyl sites for hydroxylation is 3. The van der Waals surface area contributed by atoms with Gasteiger partial charge in [-0.15, -0.1) is 11.3 Å². The highest BCUT2D eigenvalue weighted by atomic mass is 32.1. The Hall–Kier alpha value is -3.20. The molecule has 1 amide bonds. The highest BCUT2D eigenvalue weighted by Crippen LogP contribution is 2.34. The third-order valence-electron chi connectivity index (χ3n) is 4.53. The molecule has 0 unspecified atom stereocenters. The molecule has 8 nitrogen and oxygen atoms in total. The third-order valence-corrected chi connectivity index (χ3v) is 5.63. The zero-order valence-electron chi connectivity index (χ0n) is 16.3. The van der Waals surface area contributed by atoms with Crippen molar-refractivity contribution in [2.24, 2.45) is 7.05 Å². The second-order valence-corrected chi connectivity index (χ2v) is 7.66. The average Bonchev–Trinajstić information content (AvgIpc) is 3.50. The van der Waals surface area contributed by atoms with E-state index < -0.39 is 0 Å². The van der Waals surface area contributed by atoms with Gasteiger partial charge < -0.3 is 14.3 Å². The lowest BCUT2D eigenvalue weighted by Crippen LogP contribution is -2.23. The molecule has 0 saturated carbocycles. The molecule has 0 spiro atoms. The predicted octanol–water partition coefficient (Wildman–Crippen LogP) is 3.38. The number of hydrogen-bond donors (Lipinski definition) is 1. The molecule has 0 atom stereocenters. The number of carbonyl (C=O) groups is 1. The van der Waals surface area contributed by atoms with Gasteiger partial charge in [0.15, 0.2) is 5.76 Å². The van der Waals surface area contributed by atoms with Crippen LogP contribution < -0.4 is 5.32 Å². The van der Waals surface area contributed by atoms with Crippen molar-refractivity contribution in [1.82, 2.24) is 29.6 Å². The predicted molar refractivity (Wildman–Crippen MR) is 111 cm³/mol. The number of aromatic nitrogens is 5. The average molecular weight is 411 g/mol. The van der Waals surface area contributed by atoms with E-state index in [0.29, 0.717) is 18.1 Å². The minimum absolute atomic E-state index is 0.186. The van der Waals surface area contributed by atoms with Gasteiger partial charge in [-0.1, -0.05) is 6.92 Å².